The number of halogens is 1. The average molecular weight is 351 g/mol. The maximum Gasteiger partial charge on any atom is 0.232 e. The van der Waals surface area contributed by atoms with E-state index in [-0.39, 0.29) is 17.6 Å². The molecule has 1 saturated heterocycles. The Balaban J connectivity index is 1.59. The standard InChI is InChI=1S/C20H18FN3O2/c1-12-5-3-8-17(13(12)2)24-11-15(10-18(24)25)20-22-19(23-26-20)14-6-4-7-16(21)9-14/h3-9,15H,10-11H2,1-2H3. The molecule has 1 unspecified atom stereocenters. The van der Waals surface area contributed by atoms with Gasteiger partial charge in [-0.25, -0.2) is 4.39 Å². The molecule has 1 atom stereocenters. The quantitative estimate of drug-likeness (QED) is 0.715. The molecule has 0 bridgehead atoms. The van der Waals surface area contributed by atoms with Gasteiger partial charge in [0.25, 0.3) is 0 Å². The summed E-state index contributed by atoms with van der Waals surface area (Å²) < 4.78 is 18.8. The first-order valence-electron chi connectivity index (χ1n) is 8.49. The first kappa shape index (κ1) is 16.4. The number of carbonyl (C=O) groups is 1. The van der Waals surface area contributed by atoms with Crippen LogP contribution >= 0.6 is 0 Å². The van der Waals surface area contributed by atoms with Crippen molar-refractivity contribution in [3.8, 4) is 11.4 Å². The maximum atomic E-state index is 13.4. The number of hydrogen-bond acceptors (Lipinski definition) is 4. The molecule has 1 aliphatic heterocycles. The molecule has 0 saturated carbocycles. The van der Waals surface area contributed by atoms with Crippen LogP contribution in [0.5, 0.6) is 0 Å². The molecule has 6 heteroatoms. The Bertz CT molecular complexity index is 983. The first-order chi connectivity index (χ1) is 12.5. The molecule has 0 spiro atoms. The second-order valence-electron chi connectivity index (χ2n) is 6.59. The van der Waals surface area contributed by atoms with Crippen LogP contribution in [0.15, 0.2) is 47.0 Å². The molecular formula is C20H18FN3O2. The van der Waals surface area contributed by atoms with Crippen LogP contribution in [-0.2, 0) is 4.79 Å². The SMILES string of the molecule is Cc1cccc(N2CC(c3nc(-c4cccc(F)c4)no3)CC2=O)c1C. The summed E-state index contributed by atoms with van der Waals surface area (Å²) >= 11 is 0. The van der Waals surface area contributed by atoms with E-state index in [1.165, 1.54) is 12.1 Å². The topological polar surface area (TPSA) is 59.2 Å². The monoisotopic (exact) mass is 351 g/mol. The molecule has 3 aromatic rings. The molecule has 1 aromatic heterocycles. The number of benzene rings is 2. The molecule has 26 heavy (non-hydrogen) atoms. The number of rotatable bonds is 3. The van der Waals surface area contributed by atoms with E-state index in [1.54, 1.807) is 17.0 Å². The third-order valence-corrected chi connectivity index (χ3v) is 4.87. The number of hydrogen-bond donors (Lipinski definition) is 0. The zero-order valence-electron chi connectivity index (χ0n) is 14.6. The first-order valence-corrected chi connectivity index (χ1v) is 8.49. The zero-order chi connectivity index (χ0) is 18.3. The second-order valence-corrected chi connectivity index (χ2v) is 6.59. The van der Waals surface area contributed by atoms with E-state index in [1.807, 2.05) is 32.0 Å². The highest BCUT2D eigenvalue weighted by Crippen LogP contribution is 2.34. The number of aromatic nitrogens is 2. The van der Waals surface area contributed by atoms with Gasteiger partial charge in [-0.1, -0.05) is 29.4 Å². The lowest BCUT2D eigenvalue weighted by Crippen LogP contribution is -2.25. The van der Waals surface area contributed by atoms with E-state index in [0.29, 0.717) is 30.2 Å². The summed E-state index contributed by atoms with van der Waals surface area (Å²) in [6.07, 6.45) is 0.318. The van der Waals surface area contributed by atoms with Crippen molar-refractivity contribution in [1.29, 1.82) is 0 Å². The van der Waals surface area contributed by atoms with Crippen molar-refractivity contribution in [1.82, 2.24) is 10.1 Å². The molecule has 132 valence electrons. The highest BCUT2D eigenvalue weighted by molar-refractivity contribution is 5.97. The van der Waals surface area contributed by atoms with E-state index in [9.17, 15) is 9.18 Å². The molecule has 1 amide bonds. The molecule has 4 rings (SSSR count). The van der Waals surface area contributed by atoms with E-state index in [2.05, 4.69) is 10.1 Å². The normalized spacial score (nSPS) is 17.1. The fourth-order valence-electron chi connectivity index (χ4n) is 3.28. The predicted octanol–water partition coefficient (Wildman–Crippen LogP) is 4.01. The summed E-state index contributed by atoms with van der Waals surface area (Å²) in [5, 5.41) is 3.94. The Hall–Kier alpha value is -3.02. The summed E-state index contributed by atoms with van der Waals surface area (Å²) in [6, 6.07) is 12.0. The Morgan fingerprint density at radius 3 is 2.81 bits per heavy atom. The van der Waals surface area contributed by atoms with Crippen LogP contribution in [0.25, 0.3) is 11.4 Å². The van der Waals surface area contributed by atoms with Gasteiger partial charge in [0.1, 0.15) is 5.82 Å². The molecule has 5 nitrogen and oxygen atoms in total. The lowest BCUT2D eigenvalue weighted by atomic mass is 10.1. The van der Waals surface area contributed by atoms with Gasteiger partial charge in [-0.2, -0.15) is 4.98 Å². The van der Waals surface area contributed by atoms with Gasteiger partial charge in [0.2, 0.25) is 17.6 Å². The van der Waals surface area contributed by atoms with Crippen LogP contribution < -0.4 is 4.90 Å². The Labute approximate surface area is 150 Å². The van der Waals surface area contributed by atoms with Crippen molar-refractivity contribution >= 4 is 11.6 Å². The van der Waals surface area contributed by atoms with E-state index >= 15 is 0 Å². The van der Waals surface area contributed by atoms with Gasteiger partial charge in [0.15, 0.2) is 0 Å². The average Bonchev–Trinajstić information content (AvgIpc) is 3.24. The minimum Gasteiger partial charge on any atom is -0.339 e. The molecule has 2 aromatic carbocycles. The summed E-state index contributed by atoms with van der Waals surface area (Å²) in [4.78, 5) is 18.7. The van der Waals surface area contributed by atoms with Gasteiger partial charge in [-0.05, 0) is 43.2 Å². The minimum absolute atomic E-state index is 0.0363. The summed E-state index contributed by atoms with van der Waals surface area (Å²) in [7, 11) is 0. The second kappa shape index (κ2) is 6.37. The van der Waals surface area contributed by atoms with Gasteiger partial charge in [-0.15, -0.1) is 0 Å². The lowest BCUT2D eigenvalue weighted by molar-refractivity contribution is -0.117. The molecule has 2 heterocycles. The molecule has 1 aliphatic rings. The van der Waals surface area contributed by atoms with Crippen LogP contribution in [0.4, 0.5) is 10.1 Å². The van der Waals surface area contributed by atoms with Gasteiger partial charge >= 0.3 is 0 Å². The minimum atomic E-state index is -0.356. The Morgan fingerprint density at radius 2 is 2.00 bits per heavy atom. The summed E-state index contributed by atoms with van der Waals surface area (Å²) in [5.41, 5.74) is 3.70. The van der Waals surface area contributed by atoms with Crippen molar-refractivity contribution in [3.05, 3.63) is 65.3 Å². The molecule has 0 N–H and O–H groups in total. The maximum absolute atomic E-state index is 13.4. The van der Waals surface area contributed by atoms with Crippen LogP contribution in [0.2, 0.25) is 0 Å². The van der Waals surface area contributed by atoms with E-state index in [0.717, 1.165) is 16.8 Å². The zero-order valence-corrected chi connectivity index (χ0v) is 14.6. The van der Waals surface area contributed by atoms with Gasteiger partial charge in [0.05, 0.1) is 5.92 Å². The summed E-state index contributed by atoms with van der Waals surface area (Å²) in [5.74, 6) is 0.250. The number of anilines is 1. The summed E-state index contributed by atoms with van der Waals surface area (Å²) in [6.45, 7) is 4.54. The fraction of sp³-hybridized carbons (Fsp3) is 0.250. The Morgan fingerprint density at radius 1 is 1.19 bits per heavy atom. The highest BCUT2D eigenvalue weighted by atomic mass is 19.1. The van der Waals surface area contributed by atoms with Crippen molar-refractivity contribution < 1.29 is 13.7 Å². The van der Waals surface area contributed by atoms with Crippen molar-refractivity contribution in [2.24, 2.45) is 0 Å². The fourth-order valence-corrected chi connectivity index (χ4v) is 3.28. The Kier molecular flexibility index (Phi) is 4.03. The number of amides is 1. The van der Waals surface area contributed by atoms with Gasteiger partial charge in [-0.3, -0.25) is 4.79 Å². The molecule has 1 fully saturated rings. The third kappa shape index (κ3) is 2.87. The van der Waals surface area contributed by atoms with E-state index < -0.39 is 0 Å². The van der Waals surface area contributed by atoms with Crippen LogP contribution in [0, 0.1) is 19.7 Å². The van der Waals surface area contributed by atoms with Crippen molar-refractivity contribution in [3.63, 3.8) is 0 Å². The highest BCUT2D eigenvalue weighted by Gasteiger charge is 2.35. The number of nitrogens with zero attached hydrogens (tertiary/aromatic N) is 3. The van der Waals surface area contributed by atoms with Gasteiger partial charge in [0, 0.05) is 24.2 Å². The number of carbonyl (C=O) groups excluding carboxylic acids is 1. The van der Waals surface area contributed by atoms with Crippen LogP contribution in [-0.4, -0.2) is 22.6 Å². The number of aryl methyl sites for hydroxylation is 1. The molecule has 0 radical (unpaired) electrons. The van der Waals surface area contributed by atoms with Crippen molar-refractivity contribution in [2.45, 2.75) is 26.2 Å². The van der Waals surface area contributed by atoms with Crippen LogP contribution in [0.3, 0.4) is 0 Å². The molecular weight excluding hydrogens is 333 g/mol. The predicted molar refractivity (Wildman–Crippen MR) is 95.3 cm³/mol. The third-order valence-electron chi connectivity index (χ3n) is 4.87. The smallest absolute Gasteiger partial charge is 0.232 e. The van der Waals surface area contributed by atoms with Crippen LogP contribution in [0.1, 0.15) is 29.4 Å². The van der Waals surface area contributed by atoms with Gasteiger partial charge < -0.3 is 9.42 Å². The lowest BCUT2D eigenvalue weighted by Gasteiger charge is -2.19. The van der Waals surface area contributed by atoms with Crippen molar-refractivity contribution in [2.75, 3.05) is 11.4 Å². The largest absolute Gasteiger partial charge is 0.339 e. The van der Waals surface area contributed by atoms with E-state index in [4.69, 9.17) is 4.52 Å². The molecule has 0 aliphatic carbocycles.